The Labute approximate surface area is 183 Å². The van der Waals surface area contributed by atoms with Gasteiger partial charge in [-0.05, 0) is 33.8 Å². The van der Waals surface area contributed by atoms with Crippen molar-refractivity contribution in [2.24, 2.45) is 5.11 Å². The zero-order valence-electron chi connectivity index (χ0n) is 18.9. The van der Waals surface area contributed by atoms with Gasteiger partial charge in [0.1, 0.15) is 0 Å². The summed E-state index contributed by atoms with van der Waals surface area (Å²) in [7, 11) is -2.38. The summed E-state index contributed by atoms with van der Waals surface area (Å²) >= 11 is 0. The van der Waals surface area contributed by atoms with Gasteiger partial charge in [0.05, 0.1) is 0 Å². The fourth-order valence-electron chi connectivity index (χ4n) is 4.20. The molecule has 2 aromatic rings. The van der Waals surface area contributed by atoms with Crippen LogP contribution in [0.5, 0.6) is 0 Å². The van der Waals surface area contributed by atoms with Crippen molar-refractivity contribution < 1.29 is 4.43 Å². The summed E-state index contributed by atoms with van der Waals surface area (Å²) < 4.78 is 6.93. The minimum Gasteiger partial charge on any atom is -0.407 e. The summed E-state index contributed by atoms with van der Waals surface area (Å²) in [5.41, 5.74) is 8.29. The third-order valence-electron chi connectivity index (χ3n) is 5.70. The predicted molar refractivity (Wildman–Crippen MR) is 130 cm³/mol. The van der Waals surface area contributed by atoms with Gasteiger partial charge in [-0.2, -0.15) is 0 Å². The van der Waals surface area contributed by atoms with E-state index < -0.39 is 8.32 Å². The van der Waals surface area contributed by atoms with E-state index >= 15 is 0 Å². The molecular weight excluding hydrogens is 386 g/mol. The molecule has 0 atom stereocenters. The third kappa shape index (κ3) is 6.73. The predicted octanol–water partition coefficient (Wildman–Crippen LogP) is 6.60. The Balaban J connectivity index is 1.96. The molecule has 0 fully saturated rings. The van der Waals surface area contributed by atoms with Crippen LogP contribution in [-0.2, 0) is 4.43 Å². The minimum atomic E-state index is -2.38. The first-order valence-corrected chi connectivity index (χ1v) is 13.2. The topological polar surface area (TPSA) is 58.0 Å². The maximum atomic E-state index is 8.29. The van der Waals surface area contributed by atoms with Gasteiger partial charge in [0.15, 0.2) is 0 Å². The second-order valence-corrected chi connectivity index (χ2v) is 13.2. The first kappa shape index (κ1) is 24.2. The van der Waals surface area contributed by atoms with E-state index in [0.29, 0.717) is 6.54 Å². The highest BCUT2D eigenvalue weighted by atomic mass is 28.4. The second kappa shape index (κ2) is 12.6. The molecule has 0 saturated carbocycles. The number of rotatable bonds is 13. The molecule has 2 aromatic carbocycles. The van der Waals surface area contributed by atoms with Crippen LogP contribution < -0.4 is 10.4 Å². The molecule has 4 nitrogen and oxygen atoms in total. The molecule has 0 aliphatic carbocycles. The number of hydrogen-bond donors (Lipinski definition) is 0. The molecule has 162 valence electrons. The molecule has 0 radical (unpaired) electrons. The molecule has 0 saturated heterocycles. The number of unbranched alkanes of at least 4 members (excludes halogenated alkanes) is 6. The summed E-state index contributed by atoms with van der Waals surface area (Å²) in [6.45, 7) is 8.42. The van der Waals surface area contributed by atoms with Gasteiger partial charge < -0.3 is 4.43 Å². The quantitative estimate of drug-likeness (QED) is 0.118. The molecule has 0 spiro atoms. The molecular formula is C25H37N3OSi. The molecule has 30 heavy (non-hydrogen) atoms. The van der Waals surface area contributed by atoms with Crippen molar-refractivity contribution in [1.29, 1.82) is 0 Å². The van der Waals surface area contributed by atoms with Crippen LogP contribution in [0.25, 0.3) is 10.4 Å². The zero-order chi connectivity index (χ0) is 21.7. The van der Waals surface area contributed by atoms with Crippen molar-refractivity contribution >= 4 is 18.7 Å². The summed E-state index contributed by atoms with van der Waals surface area (Å²) in [6.07, 6.45) is 8.16. The van der Waals surface area contributed by atoms with Crippen LogP contribution in [0.2, 0.25) is 5.04 Å². The Bertz CT molecular complexity index is 728. The molecule has 0 N–H and O–H groups in total. The first-order valence-electron chi connectivity index (χ1n) is 11.3. The van der Waals surface area contributed by atoms with E-state index in [4.69, 9.17) is 9.96 Å². The molecule has 0 aliphatic rings. The van der Waals surface area contributed by atoms with E-state index in [9.17, 15) is 0 Å². The van der Waals surface area contributed by atoms with Crippen molar-refractivity contribution in [1.82, 2.24) is 0 Å². The maximum Gasteiger partial charge on any atom is 0.261 e. The molecule has 0 amide bonds. The van der Waals surface area contributed by atoms with Gasteiger partial charge in [0, 0.05) is 18.1 Å². The van der Waals surface area contributed by atoms with Crippen LogP contribution in [0.15, 0.2) is 65.8 Å². The van der Waals surface area contributed by atoms with Crippen molar-refractivity contribution in [3.05, 3.63) is 71.1 Å². The maximum absolute atomic E-state index is 8.29. The summed E-state index contributed by atoms with van der Waals surface area (Å²) in [6, 6.07) is 21.7. The van der Waals surface area contributed by atoms with Crippen molar-refractivity contribution in [2.75, 3.05) is 13.2 Å². The fourth-order valence-corrected chi connectivity index (χ4v) is 8.81. The molecule has 0 heterocycles. The molecule has 0 aromatic heterocycles. The molecule has 2 rings (SSSR count). The average molecular weight is 424 g/mol. The van der Waals surface area contributed by atoms with Crippen molar-refractivity contribution in [3.8, 4) is 0 Å². The normalized spacial score (nSPS) is 11.8. The van der Waals surface area contributed by atoms with E-state index in [0.717, 1.165) is 25.9 Å². The van der Waals surface area contributed by atoms with Crippen molar-refractivity contribution in [3.63, 3.8) is 0 Å². The lowest BCUT2D eigenvalue weighted by atomic mass is 10.1. The largest absolute Gasteiger partial charge is 0.407 e. The summed E-state index contributed by atoms with van der Waals surface area (Å²) in [5, 5.41) is 6.34. The lowest BCUT2D eigenvalue weighted by molar-refractivity contribution is 0.286. The van der Waals surface area contributed by atoms with Crippen LogP contribution >= 0.6 is 0 Å². The average Bonchev–Trinajstić information content (AvgIpc) is 2.75. The number of hydrogen-bond acceptors (Lipinski definition) is 2. The Kier molecular flexibility index (Phi) is 10.1. The Morgan fingerprint density at radius 2 is 1.23 bits per heavy atom. The van der Waals surface area contributed by atoms with Crippen LogP contribution in [0.4, 0.5) is 0 Å². The Morgan fingerprint density at radius 3 is 1.70 bits per heavy atom. The smallest absolute Gasteiger partial charge is 0.261 e. The van der Waals surface area contributed by atoms with Crippen LogP contribution in [0.3, 0.4) is 0 Å². The van der Waals surface area contributed by atoms with Gasteiger partial charge in [-0.1, -0.05) is 119 Å². The van der Waals surface area contributed by atoms with E-state index in [1.165, 1.54) is 36.1 Å². The fraction of sp³-hybridized carbons (Fsp3) is 0.520. The number of benzene rings is 2. The molecule has 0 bridgehead atoms. The summed E-state index contributed by atoms with van der Waals surface area (Å²) in [4.78, 5) is 2.80. The van der Waals surface area contributed by atoms with Crippen molar-refractivity contribution in [2.45, 2.75) is 70.8 Å². The molecule has 5 heteroatoms. The Morgan fingerprint density at radius 1 is 0.767 bits per heavy atom. The Hall–Kier alpha value is -2.07. The van der Waals surface area contributed by atoms with Crippen LogP contribution in [0, 0.1) is 0 Å². The van der Waals surface area contributed by atoms with Gasteiger partial charge in [-0.15, -0.1) is 0 Å². The van der Waals surface area contributed by atoms with Gasteiger partial charge in [0.25, 0.3) is 8.32 Å². The van der Waals surface area contributed by atoms with Gasteiger partial charge >= 0.3 is 0 Å². The van der Waals surface area contributed by atoms with E-state index in [-0.39, 0.29) is 5.04 Å². The first-order chi connectivity index (χ1) is 14.5. The summed E-state index contributed by atoms with van der Waals surface area (Å²) in [5.74, 6) is 0. The zero-order valence-corrected chi connectivity index (χ0v) is 19.9. The SMILES string of the molecule is CC(C)(C)[Si](OCCCCCCCCCN=[N+]=[N-])(c1ccccc1)c1ccccc1. The van der Waals surface area contributed by atoms with Crippen LogP contribution in [-0.4, -0.2) is 21.5 Å². The highest BCUT2D eigenvalue weighted by molar-refractivity contribution is 6.99. The van der Waals surface area contributed by atoms with Gasteiger partial charge in [-0.25, -0.2) is 0 Å². The van der Waals surface area contributed by atoms with E-state index in [1.54, 1.807) is 0 Å². The highest BCUT2D eigenvalue weighted by Gasteiger charge is 2.49. The number of azide groups is 1. The highest BCUT2D eigenvalue weighted by Crippen LogP contribution is 2.36. The second-order valence-electron chi connectivity index (χ2n) is 8.94. The minimum absolute atomic E-state index is 0.0433. The number of nitrogens with zero attached hydrogens (tertiary/aromatic N) is 3. The molecule has 0 aliphatic heterocycles. The van der Waals surface area contributed by atoms with Crippen LogP contribution in [0.1, 0.15) is 65.7 Å². The third-order valence-corrected chi connectivity index (χ3v) is 10.7. The lowest BCUT2D eigenvalue weighted by Crippen LogP contribution is -2.66. The molecule has 0 unspecified atom stereocenters. The van der Waals surface area contributed by atoms with E-state index in [1.807, 2.05) is 0 Å². The van der Waals surface area contributed by atoms with Gasteiger partial charge in [-0.3, -0.25) is 0 Å². The lowest BCUT2D eigenvalue weighted by Gasteiger charge is -2.43. The standard InChI is InChI=1S/C25H37N3OSi/c1-25(2,3)30(23-17-11-9-12-18-23,24-19-13-10-14-20-24)29-22-16-8-6-4-5-7-15-21-27-28-26/h9-14,17-20H,4-8,15-16,21-22H2,1-3H3. The van der Waals surface area contributed by atoms with E-state index in [2.05, 4.69) is 91.5 Å². The monoisotopic (exact) mass is 423 g/mol. The van der Waals surface area contributed by atoms with Gasteiger partial charge in [0.2, 0.25) is 0 Å².